The molecule has 1 aromatic rings. The molecule has 1 saturated heterocycles. The number of ether oxygens (including phenoxy) is 2. The van der Waals surface area contributed by atoms with Crippen LogP contribution in [-0.2, 0) is 35.1 Å². The first kappa shape index (κ1) is 41.2. The SMILES string of the molecule is COC(=O)[C@H](CCCN)NC(=O)[C@@H](NC(=O)[C@@H]1CCCN1C(=O)[C@H](/C=C/[C@H](CC(C)C)NC(=O)OC(C)(C)C)Cc1ccccc1)C(C)C. The zero-order chi connectivity index (χ0) is 36.7. The first-order chi connectivity index (χ1) is 23.1. The van der Waals surface area contributed by atoms with Gasteiger partial charge in [0.25, 0.3) is 0 Å². The molecule has 0 aliphatic carbocycles. The number of carbonyl (C=O) groups is 5. The molecular weight excluding hydrogens is 626 g/mol. The molecule has 12 heteroatoms. The predicted molar refractivity (Wildman–Crippen MR) is 189 cm³/mol. The number of hydrogen-bond acceptors (Lipinski definition) is 8. The summed E-state index contributed by atoms with van der Waals surface area (Å²) in [5.41, 5.74) is 5.91. The van der Waals surface area contributed by atoms with Crippen molar-refractivity contribution in [2.24, 2.45) is 23.5 Å². The third-order valence-electron chi connectivity index (χ3n) is 8.20. The Bertz CT molecular complexity index is 1260. The number of nitrogens with zero attached hydrogens (tertiary/aromatic N) is 1. The van der Waals surface area contributed by atoms with E-state index in [2.05, 4.69) is 29.8 Å². The van der Waals surface area contributed by atoms with Gasteiger partial charge in [0.1, 0.15) is 23.7 Å². The third-order valence-corrected chi connectivity index (χ3v) is 8.20. The number of likely N-dealkylation sites (tertiary alicyclic amines) is 1. The van der Waals surface area contributed by atoms with E-state index in [1.807, 2.05) is 42.5 Å². The molecule has 0 aromatic heterocycles. The summed E-state index contributed by atoms with van der Waals surface area (Å²) in [5, 5.41) is 8.50. The lowest BCUT2D eigenvalue weighted by Crippen LogP contribution is -2.57. The van der Waals surface area contributed by atoms with E-state index in [0.717, 1.165) is 5.56 Å². The highest BCUT2D eigenvalue weighted by Crippen LogP contribution is 2.24. The fraction of sp³-hybridized carbons (Fsp3) is 0.649. The van der Waals surface area contributed by atoms with Crippen LogP contribution in [0.15, 0.2) is 42.5 Å². The Hall–Kier alpha value is -3.93. The van der Waals surface area contributed by atoms with E-state index in [1.54, 1.807) is 39.5 Å². The molecule has 0 spiro atoms. The molecule has 0 unspecified atom stereocenters. The second kappa shape index (κ2) is 19.9. The number of rotatable bonds is 17. The van der Waals surface area contributed by atoms with Crippen molar-refractivity contribution < 1.29 is 33.4 Å². The van der Waals surface area contributed by atoms with Crippen molar-refractivity contribution in [3.8, 4) is 0 Å². The summed E-state index contributed by atoms with van der Waals surface area (Å²) in [7, 11) is 1.25. The van der Waals surface area contributed by atoms with Crippen LogP contribution in [0, 0.1) is 17.8 Å². The Kier molecular flexibility index (Phi) is 16.8. The zero-order valence-corrected chi connectivity index (χ0v) is 30.6. The average molecular weight is 686 g/mol. The molecule has 1 aliphatic rings. The highest BCUT2D eigenvalue weighted by Gasteiger charge is 2.39. The molecule has 1 aromatic carbocycles. The van der Waals surface area contributed by atoms with Crippen molar-refractivity contribution in [1.82, 2.24) is 20.9 Å². The van der Waals surface area contributed by atoms with Crippen molar-refractivity contribution in [1.29, 1.82) is 0 Å². The number of nitrogens with one attached hydrogen (secondary N) is 3. The molecule has 5 atom stereocenters. The van der Waals surface area contributed by atoms with Crippen LogP contribution in [0.3, 0.4) is 0 Å². The van der Waals surface area contributed by atoms with Gasteiger partial charge in [0.2, 0.25) is 17.7 Å². The van der Waals surface area contributed by atoms with Crippen LogP contribution in [0.4, 0.5) is 4.79 Å². The summed E-state index contributed by atoms with van der Waals surface area (Å²) >= 11 is 0. The molecule has 49 heavy (non-hydrogen) atoms. The third kappa shape index (κ3) is 14.2. The first-order valence-electron chi connectivity index (χ1n) is 17.5. The normalized spacial score (nSPS) is 17.4. The van der Waals surface area contributed by atoms with E-state index in [9.17, 15) is 24.0 Å². The summed E-state index contributed by atoms with van der Waals surface area (Å²) in [6.07, 6.45) is 6.06. The summed E-state index contributed by atoms with van der Waals surface area (Å²) in [4.78, 5) is 67.9. The Morgan fingerprint density at radius 2 is 1.67 bits per heavy atom. The number of esters is 1. The number of nitrogens with two attached hydrogens (primary N) is 1. The maximum absolute atomic E-state index is 14.3. The minimum absolute atomic E-state index is 0.212. The maximum atomic E-state index is 14.3. The molecule has 274 valence electrons. The van der Waals surface area contributed by atoms with E-state index in [0.29, 0.717) is 51.6 Å². The van der Waals surface area contributed by atoms with Crippen LogP contribution in [0.5, 0.6) is 0 Å². The number of alkyl carbamates (subject to hydrolysis) is 1. The van der Waals surface area contributed by atoms with Crippen LogP contribution >= 0.6 is 0 Å². The minimum atomic E-state index is -0.939. The first-order valence-corrected chi connectivity index (χ1v) is 17.5. The van der Waals surface area contributed by atoms with Crippen LogP contribution in [0.1, 0.15) is 86.1 Å². The highest BCUT2D eigenvalue weighted by atomic mass is 16.6. The Morgan fingerprint density at radius 3 is 2.24 bits per heavy atom. The number of amides is 4. The molecule has 0 saturated carbocycles. The van der Waals surface area contributed by atoms with E-state index >= 15 is 0 Å². The molecule has 2 rings (SSSR count). The van der Waals surface area contributed by atoms with Crippen LogP contribution in [0.25, 0.3) is 0 Å². The van der Waals surface area contributed by atoms with Crippen molar-refractivity contribution in [3.63, 3.8) is 0 Å². The van der Waals surface area contributed by atoms with Gasteiger partial charge in [-0.15, -0.1) is 0 Å². The fourth-order valence-corrected chi connectivity index (χ4v) is 5.80. The molecule has 1 aliphatic heterocycles. The Morgan fingerprint density at radius 1 is 1.00 bits per heavy atom. The van der Waals surface area contributed by atoms with Crippen LogP contribution < -0.4 is 21.7 Å². The van der Waals surface area contributed by atoms with Crippen molar-refractivity contribution >= 4 is 29.8 Å². The van der Waals surface area contributed by atoms with Gasteiger partial charge in [-0.1, -0.05) is 70.2 Å². The fourth-order valence-electron chi connectivity index (χ4n) is 5.80. The zero-order valence-electron chi connectivity index (χ0n) is 30.6. The standard InChI is InChI=1S/C37H59N5O7/c1-24(2)22-28(39-36(47)49-37(5,6)7)19-18-27(23-26-14-10-9-11-15-26)34(45)42-21-13-17-30(42)32(43)41-31(25(3)4)33(44)40-29(16-12-20-38)35(46)48-8/h9-11,14-15,18-19,24-25,27-31H,12-13,16-17,20-23,38H2,1-8H3,(H,39,47)(H,40,44)(H,41,43)/b19-18+/t27-,28-,29+,30+,31+/m1/s1. The van der Waals surface area contributed by atoms with Gasteiger partial charge in [-0.25, -0.2) is 9.59 Å². The molecule has 4 amide bonds. The maximum Gasteiger partial charge on any atom is 0.408 e. The van der Waals surface area contributed by atoms with Crippen LogP contribution in [0.2, 0.25) is 0 Å². The molecule has 0 radical (unpaired) electrons. The topological polar surface area (TPSA) is 169 Å². The van der Waals surface area contributed by atoms with E-state index in [-0.39, 0.29) is 23.8 Å². The molecule has 1 heterocycles. The van der Waals surface area contributed by atoms with Crippen molar-refractivity contribution in [2.45, 2.75) is 117 Å². The summed E-state index contributed by atoms with van der Waals surface area (Å²) in [6, 6.07) is 6.67. The van der Waals surface area contributed by atoms with E-state index in [4.69, 9.17) is 15.2 Å². The Labute approximate surface area is 292 Å². The average Bonchev–Trinajstić information content (AvgIpc) is 3.52. The van der Waals surface area contributed by atoms with Crippen molar-refractivity contribution in [2.75, 3.05) is 20.2 Å². The predicted octanol–water partition coefficient (Wildman–Crippen LogP) is 3.87. The second-order valence-electron chi connectivity index (χ2n) is 14.5. The number of carbonyl (C=O) groups excluding carboxylic acids is 5. The minimum Gasteiger partial charge on any atom is -0.467 e. The second-order valence-corrected chi connectivity index (χ2v) is 14.5. The number of methoxy groups -OCH3 is 1. The van der Waals surface area contributed by atoms with Gasteiger partial charge in [-0.2, -0.15) is 0 Å². The van der Waals surface area contributed by atoms with Crippen molar-refractivity contribution in [3.05, 3.63) is 48.0 Å². The van der Waals surface area contributed by atoms with Gasteiger partial charge in [-0.3, -0.25) is 14.4 Å². The van der Waals surface area contributed by atoms with Gasteiger partial charge in [0, 0.05) is 6.54 Å². The summed E-state index contributed by atoms with van der Waals surface area (Å²) in [6.45, 7) is 13.8. The van der Waals surface area contributed by atoms with Gasteiger partial charge in [0.15, 0.2) is 0 Å². The molecule has 12 nitrogen and oxygen atoms in total. The van der Waals surface area contributed by atoms with E-state index in [1.165, 1.54) is 7.11 Å². The molecular formula is C37H59N5O7. The van der Waals surface area contributed by atoms with Gasteiger partial charge in [-0.05, 0) is 83.2 Å². The lowest BCUT2D eigenvalue weighted by Gasteiger charge is -2.30. The summed E-state index contributed by atoms with van der Waals surface area (Å²) < 4.78 is 10.3. The lowest BCUT2D eigenvalue weighted by molar-refractivity contribution is -0.146. The smallest absolute Gasteiger partial charge is 0.408 e. The van der Waals surface area contributed by atoms with Gasteiger partial charge in [0.05, 0.1) is 19.1 Å². The Balaban J connectivity index is 2.30. The molecule has 1 fully saturated rings. The number of benzene rings is 1. The lowest BCUT2D eigenvalue weighted by atomic mass is 9.94. The summed E-state index contributed by atoms with van der Waals surface area (Å²) in [5.74, 6) is -2.39. The van der Waals surface area contributed by atoms with Gasteiger partial charge >= 0.3 is 12.1 Å². The highest BCUT2D eigenvalue weighted by molar-refractivity contribution is 5.94. The molecule has 5 N–H and O–H groups in total. The monoisotopic (exact) mass is 685 g/mol. The molecule has 0 bridgehead atoms. The largest absolute Gasteiger partial charge is 0.467 e. The van der Waals surface area contributed by atoms with Gasteiger partial charge < -0.3 is 36.1 Å². The number of hydrogen-bond donors (Lipinski definition) is 4. The quantitative estimate of drug-likeness (QED) is 0.142. The van der Waals surface area contributed by atoms with Crippen LogP contribution in [-0.4, -0.2) is 84.7 Å². The van der Waals surface area contributed by atoms with E-state index < -0.39 is 53.5 Å².